The summed E-state index contributed by atoms with van der Waals surface area (Å²) in [5, 5.41) is 19.0. The molecule has 78 valence electrons. The second-order valence-corrected chi connectivity index (χ2v) is 2.72. The molecule has 15 heavy (non-hydrogen) atoms. The first kappa shape index (κ1) is 10.8. The van der Waals surface area contributed by atoms with Crippen LogP contribution in [0.5, 0.6) is 0 Å². The molecule has 0 amide bonds. The molecular formula is C8H6N2O5. The molecular weight excluding hydrogens is 204 g/mol. The standard InChI is InChI=1S/C8H6N2O5/c1-4(11)6-2-5(8(12)13)3-7(9-6)10(14)15/h2-3H,1H3,(H,12,13). The van der Waals surface area contributed by atoms with E-state index in [1.165, 1.54) is 0 Å². The summed E-state index contributed by atoms with van der Waals surface area (Å²) in [6, 6.07) is 1.80. The average Bonchev–Trinajstić information content (AvgIpc) is 2.16. The van der Waals surface area contributed by atoms with Crippen LogP contribution in [0.1, 0.15) is 27.8 Å². The van der Waals surface area contributed by atoms with Gasteiger partial charge in [0.15, 0.2) is 0 Å². The molecule has 0 aromatic carbocycles. The number of aromatic nitrogens is 1. The van der Waals surface area contributed by atoms with Crippen molar-refractivity contribution in [3.63, 3.8) is 0 Å². The summed E-state index contributed by atoms with van der Waals surface area (Å²) >= 11 is 0. The van der Waals surface area contributed by atoms with E-state index in [9.17, 15) is 19.7 Å². The van der Waals surface area contributed by atoms with E-state index >= 15 is 0 Å². The van der Waals surface area contributed by atoms with E-state index in [4.69, 9.17) is 5.11 Å². The molecule has 0 spiro atoms. The fraction of sp³-hybridized carbons (Fsp3) is 0.125. The van der Waals surface area contributed by atoms with Crippen LogP contribution in [0, 0.1) is 10.1 Å². The van der Waals surface area contributed by atoms with Crippen molar-refractivity contribution >= 4 is 17.6 Å². The van der Waals surface area contributed by atoms with E-state index in [-0.39, 0.29) is 11.3 Å². The lowest BCUT2D eigenvalue weighted by molar-refractivity contribution is -0.389. The zero-order chi connectivity index (χ0) is 11.6. The molecule has 0 saturated heterocycles. The van der Waals surface area contributed by atoms with Crippen molar-refractivity contribution in [1.82, 2.24) is 4.98 Å². The molecule has 0 fully saturated rings. The number of aromatic carboxylic acids is 1. The number of hydrogen-bond donors (Lipinski definition) is 1. The zero-order valence-corrected chi connectivity index (χ0v) is 7.63. The summed E-state index contributed by atoms with van der Waals surface area (Å²) in [4.78, 5) is 34.4. The van der Waals surface area contributed by atoms with Crippen molar-refractivity contribution in [1.29, 1.82) is 0 Å². The molecule has 1 aromatic rings. The van der Waals surface area contributed by atoms with Crippen molar-refractivity contribution in [3.8, 4) is 0 Å². The Balaban J connectivity index is 3.39. The molecule has 1 heterocycles. The summed E-state index contributed by atoms with van der Waals surface area (Å²) < 4.78 is 0. The van der Waals surface area contributed by atoms with Gasteiger partial charge in [-0.15, -0.1) is 0 Å². The number of hydrogen-bond acceptors (Lipinski definition) is 5. The molecule has 0 aliphatic heterocycles. The van der Waals surface area contributed by atoms with E-state index in [0.717, 1.165) is 19.1 Å². The minimum absolute atomic E-state index is 0.235. The average molecular weight is 210 g/mol. The molecule has 0 radical (unpaired) electrons. The third-order valence-corrected chi connectivity index (χ3v) is 1.61. The smallest absolute Gasteiger partial charge is 0.365 e. The molecule has 0 saturated carbocycles. The Morgan fingerprint density at radius 2 is 2.07 bits per heavy atom. The van der Waals surface area contributed by atoms with Crippen LogP contribution in [-0.4, -0.2) is 26.8 Å². The highest BCUT2D eigenvalue weighted by molar-refractivity contribution is 5.96. The zero-order valence-electron chi connectivity index (χ0n) is 7.63. The normalized spacial score (nSPS) is 9.67. The van der Waals surface area contributed by atoms with E-state index in [2.05, 4.69) is 4.98 Å². The molecule has 0 atom stereocenters. The van der Waals surface area contributed by atoms with Gasteiger partial charge >= 0.3 is 11.8 Å². The number of carbonyl (C=O) groups is 2. The van der Waals surface area contributed by atoms with Crippen LogP contribution in [0.25, 0.3) is 0 Å². The van der Waals surface area contributed by atoms with Crippen LogP contribution in [0.4, 0.5) is 5.82 Å². The van der Waals surface area contributed by atoms with E-state index in [1.54, 1.807) is 0 Å². The highest BCUT2D eigenvalue weighted by Gasteiger charge is 2.19. The molecule has 0 bridgehead atoms. The minimum atomic E-state index is -1.34. The number of nitrogens with zero attached hydrogens (tertiary/aromatic N) is 2. The van der Waals surface area contributed by atoms with Gasteiger partial charge in [0, 0.05) is 13.0 Å². The topological polar surface area (TPSA) is 110 Å². The number of carboxylic acid groups (broad SMARTS) is 1. The van der Waals surface area contributed by atoms with Gasteiger partial charge in [-0.25, -0.2) is 4.79 Å². The maximum absolute atomic E-state index is 10.9. The molecule has 0 unspecified atom stereocenters. The largest absolute Gasteiger partial charge is 0.478 e. The van der Waals surface area contributed by atoms with Crippen LogP contribution in [0.2, 0.25) is 0 Å². The first-order chi connectivity index (χ1) is 6.91. The van der Waals surface area contributed by atoms with Crippen LogP contribution in [0.15, 0.2) is 12.1 Å². The van der Waals surface area contributed by atoms with Gasteiger partial charge in [-0.05, 0) is 9.91 Å². The first-order valence-electron chi connectivity index (χ1n) is 3.82. The fourth-order valence-electron chi connectivity index (χ4n) is 0.913. The molecule has 7 heteroatoms. The second kappa shape index (κ2) is 3.82. The Labute approximate surface area is 83.5 Å². The Bertz CT molecular complexity index is 375. The highest BCUT2D eigenvalue weighted by atomic mass is 16.6. The number of nitro groups is 1. The predicted molar refractivity (Wildman–Crippen MR) is 47.9 cm³/mol. The Hall–Kier alpha value is -2.31. The van der Waals surface area contributed by atoms with Crippen LogP contribution in [0.3, 0.4) is 0 Å². The second-order valence-electron chi connectivity index (χ2n) is 2.72. The van der Waals surface area contributed by atoms with Gasteiger partial charge in [-0.1, -0.05) is 0 Å². The van der Waals surface area contributed by atoms with Crippen molar-refractivity contribution in [2.45, 2.75) is 6.92 Å². The highest BCUT2D eigenvalue weighted by Crippen LogP contribution is 2.13. The summed E-state index contributed by atoms with van der Waals surface area (Å²) in [6.07, 6.45) is 0. The third kappa shape index (κ3) is 2.33. The first-order valence-corrected chi connectivity index (χ1v) is 3.82. The van der Waals surface area contributed by atoms with Crippen LogP contribution >= 0.6 is 0 Å². The van der Waals surface area contributed by atoms with E-state index in [0.29, 0.717) is 0 Å². The number of Topliss-reactive ketones (excluding diaryl/α,β-unsaturated/α-hetero) is 1. The van der Waals surface area contributed by atoms with Gasteiger partial charge in [-0.3, -0.25) is 4.79 Å². The quantitative estimate of drug-likeness (QED) is 0.450. The lowest BCUT2D eigenvalue weighted by Gasteiger charge is -1.96. The van der Waals surface area contributed by atoms with Gasteiger partial charge in [0.25, 0.3) is 0 Å². The molecule has 7 nitrogen and oxygen atoms in total. The number of carboxylic acids is 1. The lowest BCUT2D eigenvalue weighted by Crippen LogP contribution is -2.06. The number of pyridine rings is 1. The summed E-state index contributed by atoms with van der Waals surface area (Å²) in [6.45, 7) is 1.15. The van der Waals surface area contributed by atoms with Crippen molar-refractivity contribution in [2.75, 3.05) is 0 Å². The lowest BCUT2D eigenvalue weighted by atomic mass is 10.2. The van der Waals surface area contributed by atoms with Crippen molar-refractivity contribution in [2.24, 2.45) is 0 Å². The molecule has 1 N–H and O–H groups in total. The van der Waals surface area contributed by atoms with E-state index in [1.807, 2.05) is 0 Å². The molecule has 0 aliphatic carbocycles. The Morgan fingerprint density at radius 1 is 1.47 bits per heavy atom. The maximum atomic E-state index is 10.9. The minimum Gasteiger partial charge on any atom is -0.478 e. The molecule has 0 aliphatic rings. The third-order valence-electron chi connectivity index (χ3n) is 1.61. The fourth-order valence-corrected chi connectivity index (χ4v) is 0.913. The Morgan fingerprint density at radius 3 is 2.47 bits per heavy atom. The predicted octanol–water partition coefficient (Wildman–Crippen LogP) is 0.891. The van der Waals surface area contributed by atoms with Gasteiger partial charge in [-0.2, -0.15) is 0 Å². The van der Waals surface area contributed by atoms with Crippen molar-refractivity contribution < 1.29 is 19.6 Å². The summed E-state index contributed by atoms with van der Waals surface area (Å²) in [5.74, 6) is -2.52. The van der Waals surface area contributed by atoms with Crippen molar-refractivity contribution in [3.05, 3.63) is 33.5 Å². The Kier molecular flexibility index (Phi) is 2.75. The molecule has 1 aromatic heterocycles. The maximum Gasteiger partial charge on any atom is 0.365 e. The number of ketones is 1. The SMILES string of the molecule is CC(=O)c1cc(C(=O)O)cc([N+](=O)[O-])n1. The monoisotopic (exact) mass is 210 g/mol. The summed E-state index contributed by atoms with van der Waals surface area (Å²) in [5.41, 5.74) is -0.566. The number of rotatable bonds is 3. The van der Waals surface area contributed by atoms with Crippen LogP contribution in [-0.2, 0) is 0 Å². The summed E-state index contributed by atoms with van der Waals surface area (Å²) in [7, 11) is 0. The molecule has 1 rings (SSSR count). The van der Waals surface area contributed by atoms with Gasteiger partial charge in [0.1, 0.15) is 0 Å². The van der Waals surface area contributed by atoms with Gasteiger partial charge < -0.3 is 15.2 Å². The van der Waals surface area contributed by atoms with Gasteiger partial charge in [0.05, 0.1) is 11.6 Å². The van der Waals surface area contributed by atoms with Crippen LogP contribution < -0.4 is 0 Å². The number of carbonyl (C=O) groups excluding carboxylic acids is 1. The van der Waals surface area contributed by atoms with E-state index < -0.39 is 22.5 Å². The van der Waals surface area contributed by atoms with Gasteiger partial charge in [0.2, 0.25) is 11.5 Å².